The third-order valence-electron chi connectivity index (χ3n) is 6.27. The summed E-state index contributed by atoms with van der Waals surface area (Å²) in [5.74, 6) is 1.20. The van der Waals surface area contributed by atoms with Crippen LogP contribution < -0.4 is 10.6 Å². The highest BCUT2D eigenvalue weighted by Crippen LogP contribution is 2.26. The summed E-state index contributed by atoms with van der Waals surface area (Å²) < 4.78 is 3.39. The van der Waals surface area contributed by atoms with Crippen molar-refractivity contribution in [3.63, 3.8) is 0 Å². The monoisotopic (exact) mass is 433 g/mol. The first-order chi connectivity index (χ1) is 15.6. The van der Waals surface area contributed by atoms with Crippen LogP contribution in [0.3, 0.4) is 0 Å². The summed E-state index contributed by atoms with van der Waals surface area (Å²) in [6, 6.07) is 19.7. The molecule has 3 aromatic rings. The van der Waals surface area contributed by atoms with E-state index in [0.29, 0.717) is 19.6 Å². The van der Waals surface area contributed by atoms with Gasteiger partial charge in [-0.3, -0.25) is 14.3 Å². The molecule has 0 radical (unpaired) electrons. The van der Waals surface area contributed by atoms with Crippen LogP contribution in [0, 0.1) is 0 Å². The highest BCUT2D eigenvalue weighted by Gasteiger charge is 2.27. The molecule has 4 rings (SSSR count). The van der Waals surface area contributed by atoms with Crippen LogP contribution in [0.2, 0.25) is 0 Å². The Morgan fingerprint density at radius 2 is 1.66 bits per heavy atom. The van der Waals surface area contributed by atoms with Crippen molar-refractivity contribution >= 4 is 11.6 Å². The van der Waals surface area contributed by atoms with Crippen LogP contribution in [0.25, 0.3) is 0 Å². The zero-order valence-electron chi connectivity index (χ0n) is 18.9. The molecule has 2 heterocycles. The zero-order chi connectivity index (χ0) is 22.5. The van der Waals surface area contributed by atoms with Gasteiger partial charge in [0.2, 0.25) is 5.91 Å². The van der Waals surface area contributed by atoms with Gasteiger partial charge in [0.15, 0.2) is 0 Å². The number of amides is 1. The number of likely N-dealkylation sites (tertiary alicyclic amines) is 1. The van der Waals surface area contributed by atoms with Gasteiger partial charge in [0.05, 0.1) is 13.1 Å². The Kier molecular flexibility index (Phi) is 6.85. The lowest BCUT2D eigenvalue weighted by molar-refractivity contribution is -0.119. The summed E-state index contributed by atoms with van der Waals surface area (Å²) in [5.41, 5.74) is 1.93. The van der Waals surface area contributed by atoms with Crippen LogP contribution in [0.5, 0.6) is 0 Å². The maximum Gasteiger partial charge on any atom is 0.346 e. The quantitative estimate of drug-likeness (QED) is 0.575. The molecule has 0 saturated carbocycles. The fourth-order valence-electron chi connectivity index (χ4n) is 4.36. The summed E-state index contributed by atoms with van der Waals surface area (Å²) in [6.45, 7) is 5.14. The lowest BCUT2D eigenvalue weighted by Gasteiger charge is -2.32. The van der Waals surface area contributed by atoms with E-state index in [-0.39, 0.29) is 17.5 Å². The van der Waals surface area contributed by atoms with Crippen LogP contribution in [0.4, 0.5) is 5.69 Å². The molecule has 1 aliphatic heterocycles. The molecule has 7 nitrogen and oxygen atoms in total. The van der Waals surface area contributed by atoms with E-state index in [1.165, 1.54) is 0 Å². The van der Waals surface area contributed by atoms with E-state index in [9.17, 15) is 9.59 Å². The van der Waals surface area contributed by atoms with Gasteiger partial charge in [-0.15, -0.1) is 0 Å². The normalized spacial score (nSPS) is 15.1. The summed E-state index contributed by atoms with van der Waals surface area (Å²) in [6.07, 6.45) is 1.79. The van der Waals surface area contributed by atoms with Crippen LogP contribution in [-0.4, -0.2) is 51.8 Å². The Morgan fingerprint density at radius 3 is 2.28 bits per heavy atom. The molecular weight excluding hydrogens is 402 g/mol. The number of carbonyl (C=O) groups excluding carboxylic acids is 1. The van der Waals surface area contributed by atoms with Gasteiger partial charge in [-0.25, -0.2) is 9.48 Å². The van der Waals surface area contributed by atoms with Gasteiger partial charge in [0.25, 0.3) is 0 Å². The Morgan fingerprint density at radius 1 is 1.03 bits per heavy atom. The molecule has 0 spiro atoms. The van der Waals surface area contributed by atoms with Crippen molar-refractivity contribution in [2.24, 2.45) is 0 Å². The topological polar surface area (TPSA) is 63.4 Å². The van der Waals surface area contributed by atoms with Gasteiger partial charge in [-0.1, -0.05) is 48.5 Å². The van der Waals surface area contributed by atoms with Crippen LogP contribution in [0.1, 0.15) is 37.1 Å². The molecule has 0 N–H and O–H groups in total. The zero-order valence-corrected chi connectivity index (χ0v) is 18.9. The second kappa shape index (κ2) is 9.96. The first-order valence-corrected chi connectivity index (χ1v) is 11.3. The SMILES string of the molecule is CCn1c(C2CCN(CC(=O)N(C)c3ccccc3)CC2)nn(Cc2ccccc2)c1=O. The van der Waals surface area contributed by atoms with Crippen molar-refractivity contribution in [3.8, 4) is 0 Å². The third-order valence-corrected chi connectivity index (χ3v) is 6.27. The molecule has 1 aliphatic rings. The smallest absolute Gasteiger partial charge is 0.314 e. The predicted molar refractivity (Wildman–Crippen MR) is 126 cm³/mol. The van der Waals surface area contributed by atoms with Crippen molar-refractivity contribution in [1.82, 2.24) is 19.2 Å². The van der Waals surface area contributed by atoms with E-state index in [2.05, 4.69) is 4.90 Å². The number of hydrogen-bond acceptors (Lipinski definition) is 4. The number of piperidine rings is 1. The van der Waals surface area contributed by atoms with E-state index in [4.69, 9.17) is 5.10 Å². The minimum absolute atomic E-state index is 0.0477. The Balaban J connectivity index is 1.39. The first-order valence-electron chi connectivity index (χ1n) is 11.3. The molecule has 0 atom stereocenters. The number of aromatic nitrogens is 3. The summed E-state index contributed by atoms with van der Waals surface area (Å²) in [4.78, 5) is 29.5. The molecule has 32 heavy (non-hydrogen) atoms. The summed E-state index contributed by atoms with van der Waals surface area (Å²) in [7, 11) is 1.82. The fourth-order valence-corrected chi connectivity index (χ4v) is 4.36. The number of carbonyl (C=O) groups is 1. The maximum absolute atomic E-state index is 12.9. The molecule has 1 aromatic heterocycles. The van der Waals surface area contributed by atoms with Crippen LogP contribution >= 0.6 is 0 Å². The van der Waals surface area contributed by atoms with E-state index < -0.39 is 0 Å². The predicted octanol–water partition coefficient (Wildman–Crippen LogP) is 2.96. The van der Waals surface area contributed by atoms with Gasteiger partial charge < -0.3 is 4.90 Å². The Bertz CT molecular complexity index is 1080. The average Bonchev–Trinajstić information content (AvgIpc) is 3.15. The standard InChI is InChI=1S/C25H31N5O2/c1-3-29-24(26-30(25(29)32)18-20-10-6-4-7-11-20)21-14-16-28(17-15-21)19-23(31)27(2)22-12-8-5-9-13-22/h4-13,21H,3,14-19H2,1-2H3. The lowest BCUT2D eigenvalue weighted by Crippen LogP contribution is -2.42. The second-order valence-electron chi connectivity index (χ2n) is 8.37. The van der Waals surface area contributed by atoms with Gasteiger partial charge in [-0.05, 0) is 50.6 Å². The number of rotatable bonds is 7. The number of hydrogen-bond donors (Lipinski definition) is 0. The van der Waals surface area contributed by atoms with Gasteiger partial charge in [0, 0.05) is 25.2 Å². The van der Waals surface area contributed by atoms with Crippen LogP contribution in [0.15, 0.2) is 65.5 Å². The number of para-hydroxylation sites is 1. The highest BCUT2D eigenvalue weighted by molar-refractivity contribution is 5.94. The molecule has 1 amide bonds. The third kappa shape index (κ3) is 4.83. The number of likely N-dealkylation sites (N-methyl/N-ethyl adjacent to an activating group) is 1. The molecule has 2 aromatic carbocycles. The van der Waals surface area contributed by atoms with Gasteiger partial charge in [-0.2, -0.15) is 5.10 Å². The number of nitrogens with zero attached hydrogens (tertiary/aromatic N) is 5. The van der Waals surface area contributed by atoms with E-state index in [1.807, 2.05) is 74.6 Å². The van der Waals surface area contributed by atoms with Crippen molar-refractivity contribution < 1.29 is 4.79 Å². The largest absolute Gasteiger partial charge is 0.346 e. The first kappa shape index (κ1) is 22.0. The Labute approximate surface area is 188 Å². The lowest BCUT2D eigenvalue weighted by atomic mass is 9.96. The van der Waals surface area contributed by atoms with Crippen LogP contribution in [-0.2, 0) is 17.9 Å². The summed E-state index contributed by atoms with van der Waals surface area (Å²) in [5, 5.41) is 4.73. The van der Waals surface area contributed by atoms with Gasteiger partial charge in [0.1, 0.15) is 5.82 Å². The molecule has 0 unspecified atom stereocenters. The molecular formula is C25H31N5O2. The molecule has 7 heteroatoms. The summed E-state index contributed by atoms with van der Waals surface area (Å²) >= 11 is 0. The number of anilines is 1. The van der Waals surface area contributed by atoms with E-state index >= 15 is 0 Å². The molecule has 1 saturated heterocycles. The number of benzene rings is 2. The van der Waals surface area contributed by atoms with Gasteiger partial charge >= 0.3 is 5.69 Å². The van der Waals surface area contributed by atoms with E-state index in [1.54, 1.807) is 14.1 Å². The average molecular weight is 434 g/mol. The fraction of sp³-hybridized carbons (Fsp3) is 0.400. The van der Waals surface area contributed by atoms with E-state index in [0.717, 1.165) is 43.0 Å². The molecule has 0 aliphatic carbocycles. The van der Waals surface area contributed by atoms with Crippen molar-refractivity contribution in [2.45, 2.75) is 38.8 Å². The van der Waals surface area contributed by atoms with Crippen molar-refractivity contribution in [1.29, 1.82) is 0 Å². The van der Waals surface area contributed by atoms with Crippen molar-refractivity contribution in [3.05, 3.63) is 82.5 Å². The molecule has 0 bridgehead atoms. The molecule has 168 valence electrons. The minimum atomic E-state index is -0.0477. The van der Waals surface area contributed by atoms with Crippen molar-refractivity contribution in [2.75, 3.05) is 31.6 Å². The minimum Gasteiger partial charge on any atom is -0.314 e. The second-order valence-corrected chi connectivity index (χ2v) is 8.37. The maximum atomic E-state index is 12.9. The molecule has 1 fully saturated rings. The highest BCUT2D eigenvalue weighted by atomic mass is 16.2. The Hall–Kier alpha value is -3.19.